The molecule has 0 spiro atoms. The molecule has 2 aromatic rings. The predicted octanol–water partition coefficient (Wildman–Crippen LogP) is 1.75. The molecule has 0 aromatic heterocycles. The van der Waals surface area contributed by atoms with E-state index in [-0.39, 0.29) is 5.82 Å². The normalized spacial score (nSPS) is 15.4. The molecule has 1 heterocycles. The summed E-state index contributed by atoms with van der Waals surface area (Å²) in [6.45, 7) is 4.59. The van der Waals surface area contributed by atoms with Crippen molar-refractivity contribution in [3.63, 3.8) is 0 Å². The summed E-state index contributed by atoms with van der Waals surface area (Å²) in [6.07, 6.45) is 0. The summed E-state index contributed by atoms with van der Waals surface area (Å²) >= 11 is 0. The molecule has 0 saturated carbocycles. The molecule has 5 heteroatoms. The Morgan fingerprint density at radius 2 is 1.62 bits per heavy atom. The number of halogens is 1. The zero-order valence-corrected chi connectivity index (χ0v) is 14.2. The third kappa shape index (κ3) is 3.79. The molecule has 4 nitrogen and oxygen atoms in total. The van der Waals surface area contributed by atoms with Crippen molar-refractivity contribution in [3.8, 4) is 11.5 Å². The van der Waals surface area contributed by atoms with Crippen molar-refractivity contribution in [2.24, 2.45) is 0 Å². The average molecular weight is 331 g/mol. The lowest BCUT2D eigenvalue weighted by Gasteiger charge is -2.33. The number of benzene rings is 2. The Kier molecular flexibility index (Phi) is 5.20. The molecule has 0 bridgehead atoms. The summed E-state index contributed by atoms with van der Waals surface area (Å²) in [5.74, 6) is 1.49. The third-order valence-corrected chi connectivity index (χ3v) is 4.53. The van der Waals surface area contributed by atoms with Gasteiger partial charge in [0.25, 0.3) is 0 Å². The van der Waals surface area contributed by atoms with Gasteiger partial charge in [-0.3, -0.25) is 0 Å². The minimum atomic E-state index is -0.140. The van der Waals surface area contributed by atoms with Crippen LogP contribution in [0.25, 0.3) is 0 Å². The molecular weight excluding hydrogens is 307 g/mol. The molecule has 0 unspecified atom stereocenters. The Morgan fingerprint density at radius 1 is 1.00 bits per heavy atom. The first-order valence-corrected chi connectivity index (χ1v) is 8.24. The van der Waals surface area contributed by atoms with E-state index in [0.717, 1.165) is 44.2 Å². The minimum absolute atomic E-state index is 0.140. The van der Waals surface area contributed by atoms with Gasteiger partial charge in [-0.15, -0.1) is 0 Å². The minimum Gasteiger partial charge on any atom is -0.497 e. The van der Waals surface area contributed by atoms with Crippen LogP contribution in [0.4, 0.5) is 10.1 Å². The van der Waals surface area contributed by atoms with Crippen LogP contribution in [0.2, 0.25) is 0 Å². The molecule has 1 saturated heterocycles. The molecule has 24 heavy (non-hydrogen) atoms. The largest absolute Gasteiger partial charge is 0.497 e. The number of quaternary nitrogens is 1. The topological polar surface area (TPSA) is 26.1 Å². The lowest BCUT2D eigenvalue weighted by molar-refractivity contribution is -0.914. The number of nitrogens with zero attached hydrogens (tertiary/aromatic N) is 1. The fraction of sp³-hybridized carbons (Fsp3) is 0.368. The zero-order chi connectivity index (χ0) is 16.9. The molecular formula is C19H24FN2O2+. The first kappa shape index (κ1) is 16.6. The van der Waals surface area contributed by atoms with Crippen LogP contribution in [0.15, 0.2) is 42.5 Å². The SMILES string of the molecule is COc1cc(C[NH+]2CCN(c3ccccc3F)CC2)cc(OC)c1. The second kappa shape index (κ2) is 7.53. The van der Waals surface area contributed by atoms with E-state index in [2.05, 4.69) is 17.0 Å². The van der Waals surface area contributed by atoms with Crippen LogP contribution in [0.1, 0.15) is 5.56 Å². The fourth-order valence-electron chi connectivity index (χ4n) is 3.21. The Bertz CT molecular complexity index is 663. The Balaban J connectivity index is 1.62. The van der Waals surface area contributed by atoms with Crippen LogP contribution in [0, 0.1) is 5.82 Å². The van der Waals surface area contributed by atoms with Gasteiger partial charge >= 0.3 is 0 Å². The second-order valence-corrected chi connectivity index (χ2v) is 6.09. The van der Waals surface area contributed by atoms with Crippen molar-refractivity contribution in [1.82, 2.24) is 0 Å². The van der Waals surface area contributed by atoms with Crippen LogP contribution in [-0.4, -0.2) is 40.4 Å². The number of methoxy groups -OCH3 is 2. The standard InChI is InChI=1S/C19H23FN2O2/c1-23-16-11-15(12-17(13-16)24-2)14-21-7-9-22(10-8-21)19-6-4-3-5-18(19)20/h3-6,11-13H,7-10,14H2,1-2H3/p+1. The van der Waals surface area contributed by atoms with Crippen molar-refractivity contribution < 1.29 is 18.8 Å². The molecule has 1 N–H and O–H groups in total. The maximum Gasteiger partial charge on any atom is 0.146 e. The van der Waals surface area contributed by atoms with Gasteiger partial charge in [0.1, 0.15) is 23.9 Å². The van der Waals surface area contributed by atoms with Crippen LogP contribution in [-0.2, 0) is 6.54 Å². The van der Waals surface area contributed by atoms with Gasteiger partial charge in [0, 0.05) is 11.6 Å². The van der Waals surface area contributed by atoms with Crippen molar-refractivity contribution in [3.05, 3.63) is 53.8 Å². The summed E-state index contributed by atoms with van der Waals surface area (Å²) in [7, 11) is 3.33. The quantitative estimate of drug-likeness (QED) is 0.904. The van der Waals surface area contributed by atoms with Crippen molar-refractivity contribution in [2.45, 2.75) is 6.54 Å². The van der Waals surface area contributed by atoms with E-state index < -0.39 is 0 Å². The van der Waals surface area contributed by atoms with E-state index in [1.165, 1.54) is 16.5 Å². The van der Waals surface area contributed by atoms with Gasteiger partial charge in [-0.25, -0.2) is 4.39 Å². The summed E-state index contributed by atoms with van der Waals surface area (Å²) in [5, 5.41) is 0. The second-order valence-electron chi connectivity index (χ2n) is 6.09. The molecule has 1 fully saturated rings. The monoisotopic (exact) mass is 331 g/mol. The van der Waals surface area contributed by atoms with E-state index >= 15 is 0 Å². The van der Waals surface area contributed by atoms with Crippen LogP contribution < -0.4 is 19.3 Å². The number of rotatable bonds is 5. The molecule has 128 valence electrons. The van der Waals surface area contributed by atoms with Crippen LogP contribution >= 0.6 is 0 Å². The van der Waals surface area contributed by atoms with Gasteiger partial charge in [-0.2, -0.15) is 0 Å². The highest BCUT2D eigenvalue weighted by Crippen LogP contribution is 2.22. The lowest BCUT2D eigenvalue weighted by atomic mass is 10.1. The third-order valence-electron chi connectivity index (χ3n) is 4.53. The molecule has 3 rings (SSSR count). The van der Waals surface area contributed by atoms with Crippen LogP contribution in [0.5, 0.6) is 11.5 Å². The average Bonchev–Trinajstić information content (AvgIpc) is 2.62. The van der Waals surface area contributed by atoms with Crippen LogP contribution in [0.3, 0.4) is 0 Å². The summed E-state index contributed by atoms with van der Waals surface area (Å²) in [5.41, 5.74) is 1.90. The van der Waals surface area contributed by atoms with E-state index in [0.29, 0.717) is 5.69 Å². The van der Waals surface area contributed by atoms with Gasteiger partial charge in [0.05, 0.1) is 46.1 Å². The first-order valence-electron chi connectivity index (χ1n) is 8.24. The number of nitrogens with one attached hydrogen (secondary N) is 1. The van der Waals surface area contributed by atoms with E-state index in [1.54, 1.807) is 20.3 Å². The molecule has 0 aliphatic carbocycles. The molecule has 0 atom stereocenters. The number of hydrogen-bond acceptors (Lipinski definition) is 3. The molecule has 2 aromatic carbocycles. The first-order chi connectivity index (χ1) is 11.7. The molecule has 0 amide bonds. The number of piperazine rings is 1. The predicted molar refractivity (Wildman–Crippen MR) is 92.6 cm³/mol. The summed E-state index contributed by atoms with van der Waals surface area (Å²) < 4.78 is 24.6. The van der Waals surface area contributed by atoms with Gasteiger partial charge in [0.2, 0.25) is 0 Å². The number of hydrogen-bond donors (Lipinski definition) is 1. The van der Waals surface area contributed by atoms with Crippen molar-refractivity contribution >= 4 is 5.69 Å². The Labute approximate surface area is 142 Å². The number of anilines is 1. The Morgan fingerprint density at radius 3 is 2.21 bits per heavy atom. The highest BCUT2D eigenvalue weighted by Gasteiger charge is 2.22. The Hall–Kier alpha value is -2.27. The molecule has 0 radical (unpaired) electrons. The number of ether oxygens (including phenoxy) is 2. The molecule has 1 aliphatic heterocycles. The van der Waals surface area contributed by atoms with Gasteiger partial charge in [-0.1, -0.05) is 12.1 Å². The lowest BCUT2D eigenvalue weighted by Crippen LogP contribution is -3.13. The zero-order valence-electron chi connectivity index (χ0n) is 14.2. The van der Waals surface area contributed by atoms with Crippen molar-refractivity contribution in [1.29, 1.82) is 0 Å². The van der Waals surface area contributed by atoms with Gasteiger partial charge < -0.3 is 19.3 Å². The van der Waals surface area contributed by atoms with Gasteiger partial charge in [0.15, 0.2) is 0 Å². The fourth-order valence-corrected chi connectivity index (χ4v) is 3.21. The summed E-state index contributed by atoms with van der Waals surface area (Å²) in [6, 6.07) is 13.0. The highest BCUT2D eigenvalue weighted by molar-refractivity contribution is 5.47. The summed E-state index contributed by atoms with van der Waals surface area (Å²) in [4.78, 5) is 3.61. The maximum absolute atomic E-state index is 13.9. The maximum atomic E-state index is 13.9. The van der Waals surface area contributed by atoms with Gasteiger partial charge in [-0.05, 0) is 24.3 Å². The van der Waals surface area contributed by atoms with E-state index in [4.69, 9.17) is 9.47 Å². The molecule has 1 aliphatic rings. The smallest absolute Gasteiger partial charge is 0.146 e. The van der Waals surface area contributed by atoms with E-state index in [9.17, 15) is 4.39 Å². The number of para-hydroxylation sites is 1. The highest BCUT2D eigenvalue weighted by atomic mass is 19.1. The van der Waals surface area contributed by atoms with Crippen molar-refractivity contribution in [2.75, 3.05) is 45.3 Å². The van der Waals surface area contributed by atoms with E-state index in [1.807, 2.05) is 18.2 Å².